The summed E-state index contributed by atoms with van der Waals surface area (Å²) in [4.78, 5) is 18.6. The molecule has 1 fully saturated rings. The number of benzene rings is 1. The van der Waals surface area contributed by atoms with Gasteiger partial charge in [-0.3, -0.25) is 4.90 Å². The molecular weight excluding hydrogens is 300 g/mol. The zero-order valence-electron chi connectivity index (χ0n) is 15.5. The second-order valence-electron chi connectivity index (χ2n) is 7.15. The van der Waals surface area contributed by atoms with Crippen molar-refractivity contribution in [3.05, 3.63) is 35.9 Å². The Morgan fingerprint density at radius 3 is 2.58 bits per heavy atom. The zero-order valence-corrected chi connectivity index (χ0v) is 15.5. The molecule has 1 aliphatic heterocycles. The van der Waals surface area contributed by atoms with Crippen LogP contribution in [0.5, 0.6) is 0 Å². The summed E-state index contributed by atoms with van der Waals surface area (Å²) in [5.74, 6) is 0.456. The van der Waals surface area contributed by atoms with Crippen LogP contribution < -0.4 is 5.32 Å². The van der Waals surface area contributed by atoms with E-state index in [-0.39, 0.29) is 6.03 Å². The van der Waals surface area contributed by atoms with Gasteiger partial charge in [0.2, 0.25) is 0 Å². The molecule has 2 amide bonds. The van der Waals surface area contributed by atoms with Crippen molar-refractivity contribution in [2.24, 2.45) is 5.92 Å². The fourth-order valence-corrected chi connectivity index (χ4v) is 3.46. The van der Waals surface area contributed by atoms with Crippen molar-refractivity contribution in [1.29, 1.82) is 0 Å². The van der Waals surface area contributed by atoms with E-state index in [1.54, 1.807) is 4.90 Å². The van der Waals surface area contributed by atoms with Gasteiger partial charge in [-0.05, 0) is 52.0 Å². The van der Waals surface area contributed by atoms with Gasteiger partial charge in [-0.2, -0.15) is 0 Å². The molecule has 1 aromatic rings. The molecule has 0 bridgehead atoms. The van der Waals surface area contributed by atoms with Gasteiger partial charge in [0.15, 0.2) is 0 Å². The first kappa shape index (κ1) is 18.7. The van der Waals surface area contributed by atoms with Crippen molar-refractivity contribution in [2.75, 3.05) is 54.4 Å². The Kier molecular flexibility index (Phi) is 7.06. The van der Waals surface area contributed by atoms with Crippen molar-refractivity contribution in [1.82, 2.24) is 20.0 Å². The quantitative estimate of drug-likeness (QED) is 0.868. The topological polar surface area (TPSA) is 38.8 Å². The normalized spacial score (nSPS) is 21.7. The molecule has 0 saturated carbocycles. The Morgan fingerprint density at radius 2 is 1.92 bits per heavy atom. The number of piperidine rings is 1. The molecular formula is C19H32N4O. The summed E-state index contributed by atoms with van der Waals surface area (Å²) in [6.07, 6.45) is 2.35. The summed E-state index contributed by atoms with van der Waals surface area (Å²) in [5, 5.41) is 3.14. The van der Waals surface area contributed by atoms with Gasteiger partial charge in [-0.1, -0.05) is 30.3 Å². The number of nitrogens with zero attached hydrogens (tertiary/aromatic N) is 3. The summed E-state index contributed by atoms with van der Waals surface area (Å²) in [6, 6.07) is 11.1. The molecule has 5 nitrogen and oxygen atoms in total. The first-order chi connectivity index (χ1) is 11.5. The standard InChI is InChI=1S/C19H32N4O/c1-21(2)13-14-23(4)19(24)20-15-17-11-8-12-22(3)18(17)16-9-6-5-7-10-16/h5-7,9-10,17-18H,8,11-15H2,1-4H3,(H,20,24)/t17-,18-/m0/s1. The lowest BCUT2D eigenvalue weighted by atomic mass is 9.85. The second kappa shape index (κ2) is 9.04. The Hall–Kier alpha value is -1.59. The van der Waals surface area contributed by atoms with Gasteiger partial charge in [-0.15, -0.1) is 0 Å². The Labute approximate surface area is 146 Å². The molecule has 0 unspecified atom stereocenters. The number of hydrogen-bond donors (Lipinski definition) is 1. The summed E-state index contributed by atoms with van der Waals surface area (Å²) in [7, 11) is 8.09. The molecule has 0 radical (unpaired) electrons. The minimum atomic E-state index is 0.0249. The molecule has 24 heavy (non-hydrogen) atoms. The minimum absolute atomic E-state index is 0.0249. The molecule has 1 aromatic carbocycles. The fraction of sp³-hybridized carbons (Fsp3) is 0.632. The average Bonchev–Trinajstić information content (AvgIpc) is 2.58. The number of likely N-dealkylation sites (tertiary alicyclic amines) is 1. The maximum absolute atomic E-state index is 12.3. The molecule has 0 spiro atoms. The number of likely N-dealkylation sites (N-methyl/N-ethyl adjacent to an activating group) is 2. The number of hydrogen-bond acceptors (Lipinski definition) is 3. The molecule has 0 aromatic heterocycles. The van der Waals surface area contributed by atoms with Crippen LogP contribution in [-0.2, 0) is 0 Å². The van der Waals surface area contributed by atoms with Crippen LogP contribution >= 0.6 is 0 Å². The molecule has 134 valence electrons. The Bertz CT molecular complexity index is 505. The van der Waals surface area contributed by atoms with Crippen LogP contribution in [0.1, 0.15) is 24.4 Å². The maximum atomic E-state index is 12.3. The number of nitrogens with one attached hydrogen (secondary N) is 1. The molecule has 2 rings (SSSR count). The van der Waals surface area contributed by atoms with E-state index >= 15 is 0 Å². The van der Waals surface area contributed by atoms with Gasteiger partial charge in [0.05, 0.1) is 0 Å². The highest BCUT2D eigenvalue weighted by atomic mass is 16.2. The lowest BCUT2D eigenvalue weighted by Crippen LogP contribution is -2.45. The fourth-order valence-electron chi connectivity index (χ4n) is 3.46. The number of amides is 2. The monoisotopic (exact) mass is 332 g/mol. The lowest BCUT2D eigenvalue weighted by molar-refractivity contribution is 0.118. The third-order valence-corrected chi connectivity index (χ3v) is 4.89. The van der Waals surface area contributed by atoms with Gasteiger partial charge in [0, 0.05) is 32.7 Å². The minimum Gasteiger partial charge on any atom is -0.338 e. The predicted molar refractivity (Wildman–Crippen MR) is 99.1 cm³/mol. The van der Waals surface area contributed by atoms with E-state index in [1.807, 2.05) is 21.1 Å². The van der Waals surface area contributed by atoms with Crippen LogP contribution in [0, 0.1) is 5.92 Å². The highest BCUT2D eigenvalue weighted by Crippen LogP contribution is 2.34. The number of carbonyl (C=O) groups excluding carboxylic acids is 1. The van der Waals surface area contributed by atoms with Crippen molar-refractivity contribution >= 4 is 6.03 Å². The predicted octanol–water partition coefficient (Wildman–Crippen LogP) is 2.27. The average molecular weight is 332 g/mol. The Morgan fingerprint density at radius 1 is 1.21 bits per heavy atom. The SMILES string of the molecule is CN(C)CCN(C)C(=O)NC[C@@H]1CCCN(C)[C@H]1c1ccccc1. The zero-order chi connectivity index (χ0) is 17.5. The summed E-state index contributed by atoms with van der Waals surface area (Å²) in [6.45, 7) is 3.47. The number of urea groups is 1. The van der Waals surface area contributed by atoms with E-state index in [9.17, 15) is 4.79 Å². The smallest absolute Gasteiger partial charge is 0.317 e. The van der Waals surface area contributed by atoms with Crippen LogP contribution in [0.4, 0.5) is 4.79 Å². The van der Waals surface area contributed by atoms with Crippen LogP contribution in [0.15, 0.2) is 30.3 Å². The molecule has 5 heteroatoms. The molecule has 2 atom stereocenters. The van der Waals surface area contributed by atoms with Crippen LogP contribution in [0.2, 0.25) is 0 Å². The van der Waals surface area contributed by atoms with Gasteiger partial charge in [-0.25, -0.2) is 4.79 Å². The van der Waals surface area contributed by atoms with Crippen molar-refractivity contribution in [3.63, 3.8) is 0 Å². The first-order valence-corrected chi connectivity index (χ1v) is 8.88. The van der Waals surface area contributed by atoms with Gasteiger partial charge >= 0.3 is 6.03 Å². The first-order valence-electron chi connectivity index (χ1n) is 8.88. The number of rotatable bonds is 6. The van der Waals surface area contributed by atoms with Gasteiger partial charge < -0.3 is 15.1 Å². The van der Waals surface area contributed by atoms with Crippen LogP contribution in [0.3, 0.4) is 0 Å². The highest BCUT2D eigenvalue weighted by molar-refractivity contribution is 5.73. The van der Waals surface area contributed by atoms with Crippen LogP contribution in [0.25, 0.3) is 0 Å². The van der Waals surface area contributed by atoms with Crippen molar-refractivity contribution in [3.8, 4) is 0 Å². The lowest BCUT2D eigenvalue weighted by Gasteiger charge is -2.40. The van der Waals surface area contributed by atoms with Crippen LogP contribution in [-0.4, -0.2) is 75.1 Å². The van der Waals surface area contributed by atoms with E-state index in [1.165, 1.54) is 12.0 Å². The van der Waals surface area contributed by atoms with Gasteiger partial charge in [0.1, 0.15) is 0 Å². The Balaban J connectivity index is 1.93. The van der Waals surface area contributed by atoms with E-state index < -0.39 is 0 Å². The third-order valence-electron chi connectivity index (χ3n) is 4.89. The highest BCUT2D eigenvalue weighted by Gasteiger charge is 2.30. The molecule has 1 N–H and O–H groups in total. The third kappa shape index (κ3) is 5.21. The second-order valence-corrected chi connectivity index (χ2v) is 7.15. The maximum Gasteiger partial charge on any atom is 0.317 e. The number of carbonyl (C=O) groups is 1. The molecule has 1 aliphatic rings. The van der Waals surface area contributed by atoms with Gasteiger partial charge in [0.25, 0.3) is 0 Å². The molecule has 1 saturated heterocycles. The summed E-state index contributed by atoms with van der Waals surface area (Å²) < 4.78 is 0. The summed E-state index contributed by atoms with van der Waals surface area (Å²) >= 11 is 0. The molecule has 1 heterocycles. The van der Waals surface area contributed by atoms with Crippen molar-refractivity contribution in [2.45, 2.75) is 18.9 Å². The van der Waals surface area contributed by atoms with Crippen molar-refractivity contribution < 1.29 is 4.79 Å². The largest absolute Gasteiger partial charge is 0.338 e. The summed E-state index contributed by atoms with van der Waals surface area (Å²) in [5.41, 5.74) is 1.35. The molecule has 0 aliphatic carbocycles. The van der Waals surface area contributed by atoms with E-state index in [2.05, 4.69) is 52.5 Å². The van der Waals surface area contributed by atoms with E-state index in [0.717, 1.165) is 32.6 Å². The van der Waals surface area contributed by atoms with E-state index in [0.29, 0.717) is 12.0 Å². The van der Waals surface area contributed by atoms with E-state index in [4.69, 9.17) is 0 Å².